The maximum Gasteiger partial charge on any atom is 0.145 e. The van der Waals surface area contributed by atoms with Crippen LogP contribution in [0.2, 0.25) is 0 Å². The van der Waals surface area contributed by atoms with Gasteiger partial charge in [0.05, 0.1) is 11.0 Å². The fraction of sp³-hybridized carbons (Fsp3) is 0. The van der Waals surface area contributed by atoms with Gasteiger partial charge in [-0.25, -0.2) is 4.98 Å². The number of aromatic nitrogens is 2. The maximum atomic E-state index is 6.49. The SMILES string of the molecule is c1ccc(-n2c(-c3ccc(-c4c5ccccc5c(-c5ccc6oc7c8ccccc8ccc7c6c5)c5ccccc45)cc3)nc3ccccc32)cc1. The Bertz CT molecular complexity index is 3110. The van der Waals surface area contributed by atoms with Crippen LogP contribution in [0.3, 0.4) is 0 Å². The molecule has 3 nitrogen and oxygen atoms in total. The van der Waals surface area contributed by atoms with Crippen molar-refractivity contribution in [2.45, 2.75) is 0 Å². The van der Waals surface area contributed by atoms with Gasteiger partial charge in [-0.1, -0.05) is 140 Å². The van der Waals surface area contributed by atoms with Gasteiger partial charge in [-0.2, -0.15) is 0 Å². The van der Waals surface area contributed by atoms with Gasteiger partial charge >= 0.3 is 0 Å². The predicted octanol–water partition coefficient (Wildman–Crippen LogP) is 13.4. The van der Waals surface area contributed by atoms with E-state index in [1.54, 1.807) is 0 Å². The zero-order chi connectivity index (χ0) is 34.2. The first kappa shape index (κ1) is 28.8. The topological polar surface area (TPSA) is 31.0 Å². The van der Waals surface area contributed by atoms with Crippen LogP contribution in [0, 0.1) is 0 Å². The van der Waals surface area contributed by atoms with E-state index in [1.807, 2.05) is 0 Å². The van der Waals surface area contributed by atoms with Gasteiger partial charge in [0, 0.05) is 27.4 Å². The zero-order valence-corrected chi connectivity index (χ0v) is 28.1. The van der Waals surface area contributed by atoms with Crippen molar-refractivity contribution in [1.82, 2.24) is 9.55 Å². The van der Waals surface area contributed by atoms with Crippen molar-refractivity contribution in [3.8, 4) is 39.3 Å². The van der Waals surface area contributed by atoms with Crippen LogP contribution in [0.25, 0.3) is 105 Å². The molecule has 3 heteroatoms. The molecule has 0 saturated heterocycles. The molecule has 2 heterocycles. The van der Waals surface area contributed by atoms with Gasteiger partial charge in [-0.05, 0) is 91.6 Å². The molecule has 2 aromatic heterocycles. The molecule has 0 fully saturated rings. The van der Waals surface area contributed by atoms with Gasteiger partial charge in [0.15, 0.2) is 0 Å². The number of hydrogen-bond acceptors (Lipinski definition) is 2. The molecule has 242 valence electrons. The Kier molecular flexibility index (Phi) is 6.25. The predicted molar refractivity (Wildman–Crippen MR) is 217 cm³/mol. The smallest absolute Gasteiger partial charge is 0.145 e. The van der Waals surface area contributed by atoms with Crippen molar-refractivity contribution >= 4 is 65.3 Å². The molecule has 0 radical (unpaired) electrons. The molecule has 0 aliphatic carbocycles. The lowest BCUT2D eigenvalue weighted by Crippen LogP contribution is -1.97. The Labute approximate surface area is 299 Å². The highest BCUT2D eigenvalue weighted by Gasteiger charge is 2.19. The summed E-state index contributed by atoms with van der Waals surface area (Å²) in [7, 11) is 0. The minimum absolute atomic E-state index is 0.904. The second kappa shape index (κ2) is 11.3. The minimum atomic E-state index is 0.904. The van der Waals surface area contributed by atoms with E-state index < -0.39 is 0 Å². The second-order valence-electron chi connectivity index (χ2n) is 13.5. The summed E-state index contributed by atoms with van der Waals surface area (Å²) in [6, 6.07) is 65.0. The van der Waals surface area contributed by atoms with Crippen LogP contribution in [0.1, 0.15) is 0 Å². The molecule has 0 unspecified atom stereocenters. The average molecular weight is 663 g/mol. The van der Waals surface area contributed by atoms with Crippen molar-refractivity contribution in [3.63, 3.8) is 0 Å². The van der Waals surface area contributed by atoms with Crippen molar-refractivity contribution in [2.24, 2.45) is 0 Å². The largest absolute Gasteiger partial charge is 0.455 e. The summed E-state index contributed by atoms with van der Waals surface area (Å²) in [6.45, 7) is 0. The highest BCUT2D eigenvalue weighted by Crippen LogP contribution is 2.45. The molecule has 0 aliphatic rings. The normalized spacial score (nSPS) is 11.8. The van der Waals surface area contributed by atoms with Crippen LogP contribution in [0.15, 0.2) is 186 Å². The fourth-order valence-electron chi connectivity index (χ4n) is 8.25. The summed E-state index contributed by atoms with van der Waals surface area (Å²) in [4.78, 5) is 5.11. The van der Waals surface area contributed by atoms with Crippen molar-refractivity contribution in [2.75, 3.05) is 0 Å². The van der Waals surface area contributed by atoms with E-state index in [0.717, 1.165) is 55.4 Å². The third kappa shape index (κ3) is 4.30. The van der Waals surface area contributed by atoms with Crippen molar-refractivity contribution < 1.29 is 4.42 Å². The minimum Gasteiger partial charge on any atom is -0.455 e. The van der Waals surface area contributed by atoms with Gasteiger partial charge in [0.25, 0.3) is 0 Å². The quantitative estimate of drug-likeness (QED) is 0.176. The molecule has 0 amide bonds. The molecule has 9 aromatic carbocycles. The first-order valence-corrected chi connectivity index (χ1v) is 17.7. The summed E-state index contributed by atoms with van der Waals surface area (Å²) >= 11 is 0. The molecular weight excluding hydrogens is 633 g/mol. The molecule has 0 bridgehead atoms. The molecule has 0 spiro atoms. The summed E-state index contributed by atoms with van der Waals surface area (Å²) in [6.07, 6.45) is 0. The molecule has 0 saturated carbocycles. The van der Waals surface area contributed by atoms with Gasteiger partial charge in [-0.15, -0.1) is 0 Å². The number of rotatable bonds is 4. The molecule has 52 heavy (non-hydrogen) atoms. The van der Waals surface area contributed by atoms with Crippen LogP contribution in [-0.2, 0) is 0 Å². The van der Waals surface area contributed by atoms with Crippen LogP contribution in [-0.4, -0.2) is 9.55 Å². The fourth-order valence-corrected chi connectivity index (χ4v) is 8.25. The number of para-hydroxylation sites is 3. The molecule has 0 aliphatic heterocycles. The zero-order valence-electron chi connectivity index (χ0n) is 28.1. The number of nitrogens with zero attached hydrogens (tertiary/aromatic N) is 2. The molecule has 11 aromatic rings. The summed E-state index contributed by atoms with van der Waals surface area (Å²) < 4.78 is 8.75. The Morgan fingerprint density at radius 1 is 0.404 bits per heavy atom. The molecule has 0 atom stereocenters. The van der Waals surface area contributed by atoms with Crippen molar-refractivity contribution in [1.29, 1.82) is 0 Å². The number of fused-ring (bicyclic) bond motifs is 8. The van der Waals surface area contributed by atoms with Gasteiger partial charge in [-0.3, -0.25) is 4.57 Å². The van der Waals surface area contributed by atoms with Gasteiger partial charge in [0.2, 0.25) is 0 Å². The highest BCUT2D eigenvalue weighted by molar-refractivity contribution is 6.22. The van der Waals surface area contributed by atoms with Gasteiger partial charge < -0.3 is 4.42 Å². The standard InChI is InChI=1S/C49H30N2O/c1-2-13-35(14-3-1)51-44-21-11-10-20-43(44)50-49(51)33-24-22-32(23-25-33)46-37-16-6-8-18-39(37)47(40-19-9-7-17-38(40)46)34-27-29-45-42(30-34)41-28-26-31-12-4-5-15-36(31)48(41)52-45/h1-30H. The third-order valence-corrected chi connectivity index (χ3v) is 10.6. The summed E-state index contributed by atoms with van der Waals surface area (Å²) in [5, 5.41) is 9.50. The number of furan rings is 1. The lowest BCUT2D eigenvalue weighted by atomic mass is 9.85. The summed E-state index contributed by atoms with van der Waals surface area (Å²) in [5.74, 6) is 0.930. The van der Waals surface area contributed by atoms with E-state index in [-0.39, 0.29) is 0 Å². The van der Waals surface area contributed by atoms with Crippen LogP contribution >= 0.6 is 0 Å². The first-order chi connectivity index (χ1) is 25.8. The number of hydrogen-bond donors (Lipinski definition) is 0. The van der Waals surface area contributed by atoms with Gasteiger partial charge in [0.1, 0.15) is 17.0 Å². The Hall–Kier alpha value is -6.97. The number of imidazole rings is 1. The first-order valence-electron chi connectivity index (χ1n) is 17.7. The average Bonchev–Trinajstić information content (AvgIpc) is 3.79. The highest BCUT2D eigenvalue weighted by atomic mass is 16.3. The maximum absolute atomic E-state index is 6.49. The second-order valence-corrected chi connectivity index (χ2v) is 13.5. The van der Waals surface area contributed by atoms with Crippen LogP contribution < -0.4 is 0 Å². The van der Waals surface area contributed by atoms with E-state index in [0.29, 0.717) is 0 Å². The van der Waals surface area contributed by atoms with Crippen LogP contribution in [0.5, 0.6) is 0 Å². The van der Waals surface area contributed by atoms with E-state index in [1.165, 1.54) is 49.2 Å². The van der Waals surface area contributed by atoms with Crippen LogP contribution in [0.4, 0.5) is 0 Å². The molecule has 11 rings (SSSR count). The van der Waals surface area contributed by atoms with Crippen molar-refractivity contribution in [3.05, 3.63) is 182 Å². The summed E-state index contributed by atoms with van der Waals surface area (Å²) in [5.41, 5.74) is 10.9. The Morgan fingerprint density at radius 2 is 0.981 bits per heavy atom. The molecular formula is C49H30N2O. The lowest BCUT2D eigenvalue weighted by molar-refractivity contribution is 0.672. The Morgan fingerprint density at radius 3 is 1.71 bits per heavy atom. The van der Waals surface area contributed by atoms with E-state index in [4.69, 9.17) is 9.40 Å². The van der Waals surface area contributed by atoms with E-state index in [2.05, 4.69) is 187 Å². The third-order valence-electron chi connectivity index (χ3n) is 10.6. The molecule has 0 N–H and O–H groups in total. The monoisotopic (exact) mass is 662 g/mol. The van der Waals surface area contributed by atoms with E-state index >= 15 is 0 Å². The number of benzene rings is 9. The lowest BCUT2D eigenvalue weighted by Gasteiger charge is -2.18. The van der Waals surface area contributed by atoms with E-state index in [9.17, 15) is 0 Å². The Balaban J connectivity index is 1.10.